The highest BCUT2D eigenvalue weighted by atomic mass is 127. The van der Waals surface area contributed by atoms with Gasteiger partial charge in [-0.1, -0.05) is 6.07 Å². The van der Waals surface area contributed by atoms with Crippen molar-refractivity contribution in [2.45, 2.75) is 0 Å². The zero-order valence-corrected chi connectivity index (χ0v) is 11.2. The van der Waals surface area contributed by atoms with Crippen LogP contribution < -0.4 is 0 Å². The predicted octanol–water partition coefficient (Wildman–Crippen LogP) is 1.54. The van der Waals surface area contributed by atoms with E-state index in [1.807, 2.05) is 6.07 Å². The number of amides is 1. The highest BCUT2D eigenvalue weighted by Gasteiger charge is 2.14. The van der Waals surface area contributed by atoms with Crippen LogP contribution in [0.25, 0.3) is 0 Å². The van der Waals surface area contributed by atoms with E-state index in [2.05, 4.69) is 27.3 Å². The van der Waals surface area contributed by atoms with E-state index in [-0.39, 0.29) is 12.5 Å². The van der Waals surface area contributed by atoms with Gasteiger partial charge >= 0.3 is 5.97 Å². The molecule has 0 aliphatic heterocycles. The Kier molecular flexibility index (Phi) is 4.72. The third kappa shape index (κ3) is 3.48. The maximum absolute atomic E-state index is 11.9. The van der Waals surface area contributed by atoms with Crippen molar-refractivity contribution >= 4 is 34.5 Å². The molecule has 1 amide bonds. The standard InChI is InChI=1S/C11H12INO3/c1-13(7-10(14)16-2)11(15)8-4-3-5-9(12)6-8/h3-6H,7H2,1-2H3. The lowest BCUT2D eigenvalue weighted by atomic mass is 10.2. The summed E-state index contributed by atoms with van der Waals surface area (Å²) >= 11 is 2.13. The van der Waals surface area contributed by atoms with Crippen LogP contribution in [0.2, 0.25) is 0 Å². The number of rotatable bonds is 3. The summed E-state index contributed by atoms with van der Waals surface area (Å²) in [7, 11) is 2.87. The molecule has 5 heteroatoms. The van der Waals surface area contributed by atoms with E-state index in [0.29, 0.717) is 5.56 Å². The first-order valence-electron chi connectivity index (χ1n) is 4.62. The Balaban J connectivity index is 2.74. The third-order valence-electron chi connectivity index (χ3n) is 2.01. The minimum Gasteiger partial charge on any atom is -0.468 e. The van der Waals surface area contributed by atoms with Gasteiger partial charge in [0.2, 0.25) is 0 Å². The number of nitrogens with zero attached hydrogens (tertiary/aromatic N) is 1. The van der Waals surface area contributed by atoms with Crippen LogP contribution in [0.3, 0.4) is 0 Å². The van der Waals surface area contributed by atoms with Gasteiger partial charge in [0, 0.05) is 16.2 Å². The number of hydrogen-bond acceptors (Lipinski definition) is 3. The van der Waals surface area contributed by atoms with Crippen molar-refractivity contribution < 1.29 is 14.3 Å². The van der Waals surface area contributed by atoms with Crippen molar-refractivity contribution in [3.8, 4) is 0 Å². The molecule has 0 spiro atoms. The van der Waals surface area contributed by atoms with Crippen LogP contribution in [0.5, 0.6) is 0 Å². The summed E-state index contributed by atoms with van der Waals surface area (Å²) < 4.78 is 5.48. The summed E-state index contributed by atoms with van der Waals surface area (Å²) in [4.78, 5) is 24.2. The highest BCUT2D eigenvalue weighted by Crippen LogP contribution is 2.09. The number of halogens is 1. The molecular formula is C11H12INO3. The fraction of sp³-hybridized carbons (Fsp3) is 0.273. The van der Waals surface area contributed by atoms with Crippen LogP contribution in [0.15, 0.2) is 24.3 Å². The number of esters is 1. The van der Waals surface area contributed by atoms with E-state index in [9.17, 15) is 9.59 Å². The van der Waals surface area contributed by atoms with Crippen LogP contribution in [0, 0.1) is 3.57 Å². The van der Waals surface area contributed by atoms with Gasteiger partial charge in [-0.2, -0.15) is 0 Å². The van der Waals surface area contributed by atoms with Gasteiger partial charge in [0.05, 0.1) is 7.11 Å². The molecule has 0 aliphatic carbocycles. The van der Waals surface area contributed by atoms with Crippen molar-refractivity contribution in [3.05, 3.63) is 33.4 Å². The van der Waals surface area contributed by atoms with Crippen molar-refractivity contribution in [2.75, 3.05) is 20.7 Å². The van der Waals surface area contributed by atoms with Gasteiger partial charge in [0.1, 0.15) is 6.54 Å². The van der Waals surface area contributed by atoms with Gasteiger partial charge in [0.15, 0.2) is 0 Å². The molecule has 0 aliphatic rings. The number of benzene rings is 1. The van der Waals surface area contributed by atoms with Gasteiger partial charge in [-0.25, -0.2) is 0 Å². The van der Waals surface area contributed by atoms with Crippen LogP contribution >= 0.6 is 22.6 Å². The summed E-state index contributed by atoms with van der Waals surface area (Å²) in [5.74, 6) is -0.620. The minimum atomic E-state index is -0.429. The number of ether oxygens (including phenoxy) is 1. The molecule has 1 rings (SSSR count). The van der Waals surface area contributed by atoms with E-state index in [1.165, 1.54) is 12.0 Å². The Morgan fingerprint density at radius 2 is 2.12 bits per heavy atom. The number of methoxy groups -OCH3 is 1. The largest absolute Gasteiger partial charge is 0.468 e. The summed E-state index contributed by atoms with van der Waals surface area (Å²) in [6.07, 6.45) is 0. The van der Waals surface area contributed by atoms with Crippen molar-refractivity contribution in [2.24, 2.45) is 0 Å². The topological polar surface area (TPSA) is 46.6 Å². The first-order chi connectivity index (χ1) is 7.54. The fourth-order valence-electron chi connectivity index (χ4n) is 1.17. The van der Waals surface area contributed by atoms with Gasteiger partial charge in [-0.15, -0.1) is 0 Å². The summed E-state index contributed by atoms with van der Waals surface area (Å²) in [6.45, 7) is -0.0409. The zero-order chi connectivity index (χ0) is 12.1. The number of hydrogen-bond donors (Lipinski definition) is 0. The van der Waals surface area contributed by atoms with E-state index >= 15 is 0 Å². The van der Waals surface area contributed by atoms with Gasteiger partial charge in [0.25, 0.3) is 5.91 Å². The van der Waals surface area contributed by atoms with Gasteiger partial charge in [-0.3, -0.25) is 9.59 Å². The third-order valence-corrected chi connectivity index (χ3v) is 2.68. The minimum absolute atomic E-state index is 0.0409. The molecule has 16 heavy (non-hydrogen) atoms. The number of carbonyl (C=O) groups excluding carboxylic acids is 2. The van der Waals surface area contributed by atoms with Gasteiger partial charge < -0.3 is 9.64 Å². The van der Waals surface area contributed by atoms with E-state index < -0.39 is 5.97 Å². The van der Waals surface area contributed by atoms with Crippen molar-refractivity contribution in [1.82, 2.24) is 4.90 Å². The summed E-state index contributed by atoms with van der Waals surface area (Å²) in [5.41, 5.74) is 0.568. The Morgan fingerprint density at radius 3 is 2.69 bits per heavy atom. The average molecular weight is 333 g/mol. The Labute approximate surface area is 108 Å². The zero-order valence-electron chi connectivity index (χ0n) is 9.07. The molecule has 0 heterocycles. The molecule has 0 atom stereocenters. The van der Waals surface area contributed by atoms with Crippen molar-refractivity contribution in [1.29, 1.82) is 0 Å². The molecule has 0 aromatic heterocycles. The van der Waals surface area contributed by atoms with Crippen LogP contribution in [-0.4, -0.2) is 37.5 Å². The second-order valence-electron chi connectivity index (χ2n) is 3.25. The number of carbonyl (C=O) groups is 2. The molecule has 0 radical (unpaired) electrons. The molecule has 86 valence electrons. The van der Waals surface area contributed by atoms with Crippen LogP contribution in [0.4, 0.5) is 0 Å². The first kappa shape index (κ1) is 13.0. The van der Waals surface area contributed by atoms with Crippen LogP contribution in [0.1, 0.15) is 10.4 Å². The molecule has 1 aromatic carbocycles. The second kappa shape index (κ2) is 5.83. The van der Waals surface area contributed by atoms with Crippen molar-refractivity contribution in [3.63, 3.8) is 0 Å². The molecule has 4 nitrogen and oxygen atoms in total. The van der Waals surface area contributed by atoms with Gasteiger partial charge in [-0.05, 0) is 40.8 Å². The smallest absolute Gasteiger partial charge is 0.325 e. The molecule has 0 unspecified atom stereocenters. The maximum atomic E-state index is 11.9. The molecular weight excluding hydrogens is 321 g/mol. The molecule has 0 N–H and O–H groups in total. The van der Waals surface area contributed by atoms with E-state index in [4.69, 9.17) is 0 Å². The molecule has 0 saturated carbocycles. The Morgan fingerprint density at radius 1 is 1.44 bits per heavy atom. The quantitative estimate of drug-likeness (QED) is 0.623. The second-order valence-corrected chi connectivity index (χ2v) is 4.49. The lowest BCUT2D eigenvalue weighted by Crippen LogP contribution is -2.32. The Hall–Kier alpha value is -1.11. The lowest BCUT2D eigenvalue weighted by Gasteiger charge is -2.15. The molecule has 1 aromatic rings. The fourth-order valence-corrected chi connectivity index (χ4v) is 1.72. The molecule has 0 fully saturated rings. The van der Waals surface area contributed by atoms with E-state index in [1.54, 1.807) is 25.2 Å². The normalized spacial score (nSPS) is 9.69. The van der Waals surface area contributed by atoms with Crippen LogP contribution in [-0.2, 0) is 9.53 Å². The molecule has 0 saturated heterocycles. The monoisotopic (exact) mass is 333 g/mol. The first-order valence-corrected chi connectivity index (χ1v) is 5.70. The summed E-state index contributed by atoms with van der Waals surface area (Å²) in [5, 5.41) is 0. The summed E-state index contributed by atoms with van der Waals surface area (Å²) in [6, 6.07) is 7.20. The SMILES string of the molecule is COC(=O)CN(C)C(=O)c1cccc(I)c1. The number of likely N-dealkylation sites (N-methyl/N-ethyl adjacent to an activating group) is 1. The van der Waals surface area contributed by atoms with E-state index in [0.717, 1.165) is 3.57 Å². The molecule has 0 bridgehead atoms. The average Bonchev–Trinajstić information content (AvgIpc) is 2.27. The lowest BCUT2D eigenvalue weighted by molar-refractivity contribution is -0.141. The Bertz CT molecular complexity index is 406. The highest BCUT2D eigenvalue weighted by molar-refractivity contribution is 14.1. The predicted molar refractivity (Wildman–Crippen MR) is 68.1 cm³/mol. The maximum Gasteiger partial charge on any atom is 0.325 e.